The minimum absolute atomic E-state index is 0.0152. The number of carbonyl (C=O) groups is 1. The Hall–Kier alpha value is -1.71. The summed E-state index contributed by atoms with van der Waals surface area (Å²) in [5.41, 5.74) is 3.14. The van der Waals surface area contributed by atoms with Gasteiger partial charge in [-0.1, -0.05) is 13.0 Å². The van der Waals surface area contributed by atoms with Gasteiger partial charge in [0.05, 0.1) is 0 Å². The Labute approximate surface area is 82.5 Å². The third-order valence-electron chi connectivity index (χ3n) is 1.71. The van der Waals surface area contributed by atoms with Crippen LogP contribution in [0.4, 0.5) is 0 Å². The van der Waals surface area contributed by atoms with E-state index in [2.05, 4.69) is 5.48 Å². The molecular weight excluding hydrogens is 182 g/mol. The van der Waals surface area contributed by atoms with Crippen molar-refractivity contribution in [1.82, 2.24) is 5.48 Å². The average Bonchev–Trinajstić information content (AvgIpc) is 2.16. The number of phenolic OH excluding ortho intramolecular Hbond substituents is 1. The number of rotatable bonds is 3. The van der Waals surface area contributed by atoms with Crippen LogP contribution in [0.15, 0.2) is 18.2 Å². The highest BCUT2D eigenvalue weighted by atomic mass is 16.7. The highest BCUT2D eigenvalue weighted by Crippen LogP contribution is 2.25. The van der Waals surface area contributed by atoms with Gasteiger partial charge < -0.3 is 9.94 Å². The van der Waals surface area contributed by atoms with Crippen LogP contribution in [0.1, 0.15) is 18.9 Å². The first kappa shape index (κ1) is 10.4. The molecule has 0 unspecified atom stereocenters. The summed E-state index contributed by atoms with van der Waals surface area (Å²) in [6.07, 6.45) is 0.340. The maximum atomic E-state index is 10.8. The van der Waals surface area contributed by atoms with Crippen LogP contribution in [0.2, 0.25) is 0 Å². The molecule has 0 bridgehead atoms. The quantitative estimate of drug-likeness (QED) is 0.719. The predicted molar refractivity (Wildman–Crippen MR) is 51.9 cm³/mol. The highest BCUT2D eigenvalue weighted by molar-refractivity contribution is 5.74. The lowest BCUT2D eigenvalue weighted by Crippen LogP contribution is -2.25. The van der Waals surface area contributed by atoms with Gasteiger partial charge in [0.2, 0.25) is 0 Å². The summed E-state index contributed by atoms with van der Waals surface area (Å²) < 4.78 is 0. The van der Waals surface area contributed by atoms with Crippen molar-refractivity contribution in [2.75, 3.05) is 0 Å². The van der Waals surface area contributed by atoms with Crippen LogP contribution in [-0.4, -0.2) is 11.0 Å². The van der Waals surface area contributed by atoms with Crippen molar-refractivity contribution in [3.63, 3.8) is 0 Å². The maximum Gasteiger partial charge on any atom is 0.252 e. The van der Waals surface area contributed by atoms with E-state index in [9.17, 15) is 9.90 Å². The summed E-state index contributed by atoms with van der Waals surface area (Å²) in [7, 11) is 0. The van der Waals surface area contributed by atoms with Gasteiger partial charge in [0, 0.05) is 6.42 Å². The van der Waals surface area contributed by atoms with Crippen molar-refractivity contribution in [3.05, 3.63) is 23.8 Å². The summed E-state index contributed by atoms with van der Waals surface area (Å²) >= 11 is 0. The fraction of sp³-hybridized carbons (Fsp3) is 0.300. The zero-order valence-electron chi connectivity index (χ0n) is 8.20. The fourth-order valence-electron chi connectivity index (χ4n) is 0.898. The van der Waals surface area contributed by atoms with E-state index >= 15 is 0 Å². The van der Waals surface area contributed by atoms with E-state index in [1.54, 1.807) is 25.1 Å². The Morgan fingerprint density at radius 1 is 1.57 bits per heavy atom. The number of hydrogen-bond acceptors (Lipinski definition) is 3. The lowest BCUT2D eigenvalue weighted by atomic mass is 10.2. The van der Waals surface area contributed by atoms with Crippen molar-refractivity contribution in [2.24, 2.45) is 0 Å². The van der Waals surface area contributed by atoms with Gasteiger partial charge in [-0.15, -0.1) is 0 Å². The molecule has 0 heterocycles. The Balaban J connectivity index is 2.63. The molecule has 76 valence electrons. The standard InChI is InChI=1S/C10H13NO3/c1-3-10(13)11-14-9-5-4-7(2)6-8(9)12/h4-6,12H,3H2,1-2H3,(H,11,13). The maximum absolute atomic E-state index is 10.8. The second-order valence-corrected chi connectivity index (χ2v) is 2.95. The molecule has 2 N–H and O–H groups in total. The van der Waals surface area contributed by atoms with Crippen LogP contribution in [0.3, 0.4) is 0 Å². The van der Waals surface area contributed by atoms with Crippen LogP contribution < -0.4 is 10.3 Å². The summed E-state index contributed by atoms with van der Waals surface area (Å²) in [4.78, 5) is 15.7. The zero-order valence-corrected chi connectivity index (χ0v) is 8.20. The van der Waals surface area contributed by atoms with Gasteiger partial charge in [0.1, 0.15) is 0 Å². The predicted octanol–water partition coefficient (Wildman–Crippen LogP) is 1.52. The summed E-state index contributed by atoms with van der Waals surface area (Å²) in [6, 6.07) is 4.95. The molecule has 1 aromatic rings. The number of amides is 1. The number of nitrogens with one attached hydrogen (secondary N) is 1. The number of benzene rings is 1. The first-order chi connectivity index (χ1) is 6.63. The fourth-order valence-corrected chi connectivity index (χ4v) is 0.898. The number of phenols is 1. The van der Waals surface area contributed by atoms with E-state index in [1.807, 2.05) is 6.92 Å². The molecule has 0 spiro atoms. The molecule has 0 aliphatic heterocycles. The van der Waals surface area contributed by atoms with Gasteiger partial charge in [0.25, 0.3) is 5.91 Å². The van der Waals surface area contributed by atoms with E-state index < -0.39 is 0 Å². The van der Waals surface area contributed by atoms with Crippen LogP contribution >= 0.6 is 0 Å². The van der Waals surface area contributed by atoms with Gasteiger partial charge in [0.15, 0.2) is 11.5 Å². The minimum Gasteiger partial charge on any atom is -0.504 e. The summed E-state index contributed by atoms with van der Waals surface area (Å²) in [6.45, 7) is 3.57. The number of aryl methyl sites for hydroxylation is 1. The van der Waals surface area contributed by atoms with E-state index in [4.69, 9.17) is 4.84 Å². The van der Waals surface area contributed by atoms with E-state index in [0.29, 0.717) is 6.42 Å². The monoisotopic (exact) mass is 195 g/mol. The molecule has 1 aromatic carbocycles. The van der Waals surface area contributed by atoms with Crippen molar-refractivity contribution in [3.8, 4) is 11.5 Å². The number of aromatic hydroxyl groups is 1. The van der Waals surface area contributed by atoms with Gasteiger partial charge in [-0.25, -0.2) is 0 Å². The van der Waals surface area contributed by atoms with Crippen molar-refractivity contribution >= 4 is 5.91 Å². The van der Waals surface area contributed by atoms with Gasteiger partial charge >= 0.3 is 0 Å². The lowest BCUT2D eigenvalue weighted by molar-refractivity contribution is -0.127. The molecule has 0 aromatic heterocycles. The largest absolute Gasteiger partial charge is 0.504 e. The van der Waals surface area contributed by atoms with Crippen LogP contribution in [-0.2, 0) is 4.79 Å². The van der Waals surface area contributed by atoms with Gasteiger partial charge in [-0.3, -0.25) is 4.79 Å². The molecule has 1 amide bonds. The van der Waals surface area contributed by atoms with E-state index in [0.717, 1.165) is 5.56 Å². The molecule has 14 heavy (non-hydrogen) atoms. The Kier molecular flexibility index (Phi) is 3.34. The molecule has 1 rings (SSSR count). The molecule has 0 aliphatic rings. The normalized spacial score (nSPS) is 9.57. The van der Waals surface area contributed by atoms with Crippen LogP contribution in [0.25, 0.3) is 0 Å². The molecule has 0 fully saturated rings. The Morgan fingerprint density at radius 3 is 2.86 bits per heavy atom. The smallest absolute Gasteiger partial charge is 0.252 e. The van der Waals surface area contributed by atoms with Gasteiger partial charge in [-0.05, 0) is 24.6 Å². The van der Waals surface area contributed by atoms with Crippen molar-refractivity contribution in [1.29, 1.82) is 0 Å². The highest BCUT2D eigenvalue weighted by Gasteiger charge is 2.03. The van der Waals surface area contributed by atoms with Crippen molar-refractivity contribution in [2.45, 2.75) is 20.3 Å². The zero-order chi connectivity index (χ0) is 10.6. The topological polar surface area (TPSA) is 58.6 Å². The van der Waals surface area contributed by atoms with Gasteiger partial charge in [-0.2, -0.15) is 5.48 Å². The summed E-state index contributed by atoms with van der Waals surface area (Å²) in [5, 5.41) is 9.40. The second kappa shape index (κ2) is 4.50. The van der Waals surface area contributed by atoms with E-state index in [1.165, 1.54) is 0 Å². The second-order valence-electron chi connectivity index (χ2n) is 2.95. The Morgan fingerprint density at radius 2 is 2.29 bits per heavy atom. The van der Waals surface area contributed by atoms with Crippen molar-refractivity contribution < 1.29 is 14.7 Å². The lowest BCUT2D eigenvalue weighted by Gasteiger charge is -2.07. The third kappa shape index (κ3) is 2.65. The average molecular weight is 195 g/mol. The first-order valence-electron chi connectivity index (χ1n) is 4.38. The first-order valence-corrected chi connectivity index (χ1v) is 4.38. The number of hydroxylamine groups is 1. The molecular formula is C10H13NO3. The molecule has 0 atom stereocenters. The molecule has 0 saturated heterocycles. The number of hydrogen-bond donors (Lipinski definition) is 2. The van der Waals surface area contributed by atoms with E-state index in [-0.39, 0.29) is 17.4 Å². The SMILES string of the molecule is CCC(=O)NOc1ccc(C)cc1O. The molecule has 0 saturated carbocycles. The molecule has 0 radical (unpaired) electrons. The summed E-state index contributed by atoms with van der Waals surface area (Å²) in [5.74, 6) is 0.0313. The Bertz CT molecular complexity index is 336. The molecule has 4 nitrogen and oxygen atoms in total. The molecule has 0 aliphatic carbocycles. The van der Waals surface area contributed by atoms with Crippen LogP contribution in [0.5, 0.6) is 11.5 Å². The minimum atomic E-state index is -0.232. The van der Waals surface area contributed by atoms with Crippen LogP contribution in [0, 0.1) is 6.92 Å². The number of carbonyl (C=O) groups excluding carboxylic acids is 1. The third-order valence-corrected chi connectivity index (χ3v) is 1.71. The molecule has 4 heteroatoms.